The van der Waals surface area contributed by atoms with E-state index in [0.29, 0.717) is 17.5 Å². The zero-order chi connectivity index (χ0) is 14.4. The van der Waals surface area contributed by atoms with Crippen LogP contribution in [-0.4, -0.2) is 16.0 Å². The number of nitrogens with zero attached hydrogens (tertiary/aromatic N) is 2. The number of amides is 1. The number of hydrogen-bond acceptors (Lipinski definition) is 5. The first kappa shape index (κ1) is 14.0. The summed E-state index contributed by atoms with van der Waals surface area (Å²) >= 11 is 0. The van der Waals surface area contributed by atoms with E-state index in [-0.39, 0.29) is 12.5 Å². The van der Waals surface area contributed by atoms with Gasteiger partial charge in [0.15, 0.2) is 12.4 Å². The smallest absolute Gasteiger partial charge is 0.264 e. The maximum atomic E-state index is 10.9. The molecule has 0 saturated carbocycles. The molecule has 0 bridgehead atoms. The first-order chi connectivity index (χ1) is 9.67. The van der Waals surface area contributed by atoms with Crippen molar-refractivity contribution in [3.63, 3.8) is 0 Å². The fourth-order valence-electron chi connectivity index (χ4n) is 1.66. The van der Waals surface area contributed by atoms with Gasteiger partial charge in [-0.3, -0.25) is 4.79 Å². The Labute approximate surface area is 117 Å². The molecule has 2 aromatic rings. The number of carbonyl (C=O) groups excluding carboxylic acids is 1. The van der Waals surface area contributed by atoms with Crippen LogP contribution in [0.1, 0.15) is 32.0 Å². The Morgan fingerprint density at radius 3 is 2.75 bits per heavy atom. The first-order valence-electron chi connectivity index (χ1n) is 6.49. The molecule has 0 aliphatic carbocycles. The van der Waals surface area contributed by atoms with E-state index >= 15 is 0 Å². The quantitative estimate of drug-likeness (QED) is 0.876. The molecule has 1 amide bonds. The van der Waals surface area contributed by atoms with Crippen molar-refractivity contribution < 1.29 is 14.1 Å². The van der Waals surface area contributed by atoms with Crippen molar-refractivity contribution in [2.75, 3.05) is 5.32 Å². The number of ether oxygens (including phenoxy) is 1. The van der Waals surface area contributed by atoms with Gasteiger partial charge in [0, 0.05) is 19.0 Å². The molecule has 20 heavy (non-hydrogen) atoms. The van der Waals surface area contributed by atoms with Crippen LogP contribution in [0.15, 0.2) is 28.8 Å². The van der Waals surface area contributed by atoms with E-state index in [4.69, 9.17) is 9.26 Å². The monoisotopic (exact) mass is 275 g/mol. The lowest BCUT2D eigenvalue weighted by molar-refractivity contribution is -0.114. The highest BCUT2D eigenvalue weighted by Gasteiger charge is 2.06. The Bertz CT molecular complexity index is 563. The van der Waals surface area contributed by atoms with Crippen LogP contribution in [-0.2, 0) is 17.8 Å². The first-order valence-corrected chi connectivity index (χ1v) is 6.49. The summed E-state index contributed by atoms with van der Waals surface area (Å²) in [5.74, 6) is 1.73. The van der Waals surface area contributed by atoms with E-state index in [1.165, 1.54) is 6.92 Å². The van der Waals surface area contributed by atoms with Gasteiger partial charge in [-0.05, 0) is 30.7 Å². The largest absolute Gasteiger partial charge is 0.484 e. The zero-order valence-electron chi connectivity index (χ0n) is 11.5. The van der Waals surface area contributed by atoms with Gasteiger partial charge >= 0.3 is 0 Å². The number of aryl methyl sites for hydroxylation is 1. The number of hydrogen-bond donors (Lipinski definition) is 1. The second kappa shape index (κ2) is 6.70. The summed E-state index contributed by atoms with van der Waals surface area (Å²) < 4.78 is 10.6. The zero-order valence-corrected chi connectivity index (χ0v) is 11.5. The number of benzene rings is 1. The van der Waals surface area contributed by atoms with Gasteiger partial charge < -0.3 is 14.6 Å². The molecule has 0 aliphatic heterocycles. The Morgan fingerprint density at radius 1 is 1.35 bits per heavy atom. The molecule has 0 spiro atoms. The van der Waals surface area contributed by atoms with E-state index in [0.717, 1.165) is 18.5 Å². The SMILES string of the molecule is CCCc1noc(COc2ccc(NC(C)=O)cc2)n1. The third kappa shape index (κ3) is 4.08. The third-order valence-corrected chi connectivity index (χ3v) is 2.52. The number of carbonyl (C=O) groups is 1. The molecule has 0 aliphatic rings. The molecule has 1 heterocycles. The van der Waals surface area contributed by atoms with Gasteiger partial charge in [0.05, 0.1) is 0 Å². The van der Waals surface area contributed by atoms with Crippen LogP contribution < -0.4 is 10.1 Å². The van der Waals surface area contributed by atoms with E-state index in [1.54, 1.807) is 24.3 Å². The Kier molecular flexibility index (Phi) is 4.70. The summed E-state index contributed by atoms with van der Waals surface area (Å²) in [6.45, 7) is 3.76. The Balaban J connectivity index is 1.88. The maximum Gasteiger partial charge on any atom is 0.264 e. The van der Waals surface area contributed by atoms with Crippen LogP contribution in [0, 0.1) is 0 Å². The molecule has 1 aromatic heterocycles. The second-order valence-electron chi connectivity index (χ2n) is 4.35. The van der Waals surface area contributed by atoms with Crippen molar-refractivity contribution >= 4 is 11.6 Å². The summed E-state index contributed by atoms with van der Waals surface area (Å²) in [5, 5.41) is 6.54. The van der Waals surface area contributed by atoms with Gasteiger partial charge in [-0.1, -0.05) is 12.1 Å². The molecular formula is C14H17N3O3. The lowest BCUT2D eigenvalue weighted by Crippen LogP contribution is -2.05. The number of rotatable bonds is 6. The minimum absolute atomic E-state index is 0.104. The predicted molar refractivity (Wildman–Crippen MR) is 73.4 cm³/mol. The molecule has 106 valence electrons. The standard InChI is InChI=1S/C14H17N3O3/c1-3-4-13-16-14(20-17-13)9-19-12-7-5-11(6-8-12)15-10(2)18/h5-8H,3-4,9H2,1-2H3,(H,15,18). The van der Waals surface area contributed by atoms with Crippen LogP contribution in [0.25, 0.3) is 0 Å². The summed E-state index contributed by atoms with van der Waals surface area (Å²) in [6.07, 6.45) is 1.78. The molecule has 0 unspecified atom stereocenters. The second-order valence-corrected chi connectivity index (χ2v) is 4.35. The molecule has 0 fully saturated rings. The molecule has 6 nitrogen and oxygen atoms in total. The van der Waals surface area contributed by atoms with Gasteiger partial charge in [-0.25, -0.2) is 0 Å². The van der Waals surface area contributed by atoms with Crippen molar-refractivity contribution in [3.8, 4) is 5.75 Å². The van der Waals surface area contributed by atoms with E-state index in [1.807, 2.05) is 0 Å². The lowest BCUT2D eigenvalue weighted by atomic mass is 10.3. The fourth-order valence-corrected chi connectivity index (χ4v) is 1.66. The molecule has 6 heteroatoms. The number of nitrogens with one attached hydrogen (secondary N) is 1. The molecular weight excluding hydrogens is 258 g/mol. The molecule has 1 aromatic carbocycles. The minimum atomic E-state index is -0.104. The highest BCUT2D eigenvalue weighted by Crippen LogP contribution is 2.16. The van der Waals surface area contributed by atoms with Gasteiger partial charge in [0.25, 0.3) is 5.89 Å². The molecule has 0 atom stereocenters. The summed E-state index contributed by atoms with van der Waals surface area (Å²) in [5.41, 5.74) is 0.730. The number of anilines is 1. The van der Waals surface area contributed by atoms with Gasteiger partial charge in [0.1, 0.15) is 5.75 Å². The van der Waals surface area contributed by atoms with Crippen molar-refractivity contribution in [2.45, 2.75) is 33.3 Å². The van der Waals surface area contributed by atoms with Crippen LogP contribution in [0.3, 0.4) is 0 Å². The summed E-state index contributed by atoms with van der Waals surface area (Å²) in [4.78, 5) is 15.1. The van der Waals surface area contributed by atoms with Crippen molar-refractivity contribution in [1.82, 2.24) is 10.1 Å². The highest BCUT2D eigenvalue weighted by molar-refractivity contribution is 5.88. The van der Waals surface area contributed by atoms with Crippen LogP contribution >= 0.6 is 0 Å². The summed E-state index contributed by atoms with van der Waals surface area (Å²) in [7, 11) is 0. The average molecular weight is 275 g/mol. The van der Waals surface area contributed by atoms with Crippen LogP contribution in [0.4, 0.5) is 5.69 Å². The normalized spacial score (nSPS) is 10.3. The summed E-state index contributed by atoms with van der Waals surface area (Å²) in [6, 6.07) is 7.09. The number of aromatic nitrogens is 2. The molecule has 0 saturated heterocycles. The fraction of sp³-hybridized carbons (Fsp3) is 0.357. The maximum absolute atomic E-state index is 10.9. The van der Waals surface area contributed by atoms with Crippen molar-refractivity contribution in [1.29, 1.82) is 0 Å². The molecule has 0 radical (unpaired) electrons. The van der Waals surface area contributed by atoms with Gasteiger partial charge in [-0.2, -0.15) is 4.98 Å². The van der Waals surface area contributed by atoms with Gasteiger partial charge in [0.2, 0.25) is 5.91 Å². The average Bonchev–Trinajstić information content (AvgIpc) is 2.86. The molecule has 2 rings (SSSR count). The minimum Gasteiger partial charge on any atom is -0.484 e. The van der Waals surface area contributed by atoms with Crippen molar-refractivity contribution in [2.24, 2.45) is 0 Å². The topological polar surface area (TPSA) is 77.3 Å². The van der Waals surface area contributed by atoms with E-state index < -0.39 is 0 Å². The van der Waals surface area contributed by atoms with Gasteiger partial charge in [-0.15, -0.1) is 0 Å². The molecule has 1 N–H and O–H groups in total. The Morgan fingerprint density at radius 2 is 2.10 bits per heavy atom. The Hall–Kier alpha value is -2.37. The van der Waals surface area contributed by atoms with Crippen LogP contribution in [0.2, 0.25) is 0 Å². The lowest BCUT2D eigenvalue weighted by Gasteiger charge is -2.05. The third-order valence-electron chi connectivity index (χ3n) is 2.52. The predicted octanol–water partition coefficient (Wildman–Crippen LogP) is 2.56. The highest BCUT2D eigenvalue weighted by atomic mass is 16.5. The van der Waals surface area contributed by atoms with Crippen molar-refractivity contribution in [3.05, 3.63) is 36.0 Å². The van der Waals surface area contributed by atoms with E-state index in [9.17, 15) is 4.79 Å². The van der Waals surface area contributed by atoms with Crippen LogP contribution in [0.5, 0.6) is 5.75 Å². The van der Waals surface area contributed by atoms with E-state index in [2.05, 4.69) is 22.4 Å².